The van der Waals surface area contributed by atoms with E-state index in [2.05, 4.69) is 6.58 Å². The molecule has 0 spiro atoms. The molecule has 0 saturated carbocycles. The van der Waals surface area contributed by atoms with Crippen LogP contribution in [0, 0.1) is 0 Å². The summed E-state index contributed by atoms with van der Waals surface area (Å²) in [6, 6.07) is 12.5. The summed E-state index contributed by atoms with van der Waals surface area (Å²) in [6.45, 7) is 4.48. The summed E-state index contributed by atoms with van der Waals surface area (Å²) < 4.78 is 0. The molecule has 0 saturated heterocycles. The Balaban J connectivity index is 0.000000448. The summed E-state index contributed by atoms with van der Waals surface area (Å²) in [4.78, 5) is 20.2. The van der Waals surface area contributed by atoms with Crippen LogP contribution in [0.3, 0.4) is 0 Å². The van der Waals surface area contributed by atoms with E-state index in [1.165, 1.54) is 6.92 Å². The topological polar surface area (TPSA) is 80.3 Å². The second kappa shape index (κ2) is 8.15. The number of carbonyl (C=O) groups is 2. The minimum absolute atomic E-state index is 0. The molecule has 4 nitrogen and oxygen atoms in total. The van der Waals surface area contributed by atoms with E-state index in [1.807, 2.05) is 24.3 Å². The molecule has 0 fully saturated rings. The number of carboxylic acid groups (broad SMARTS) is 2. The number of aromatic carboxylic acids is 1. The Hall–Kier alpha value is -2.10. The fourth-order valence-corrected chi connectivity index (χ4v) is 1.40. The van der Waals surface area contributed by atoms with Gasteiger partial charge in [0, 0.05) is 5.56 Å². The first-order chi connectivity index (χ1) is 8.93. The van der Waals surface area contributed by atoms with Crippen molar-refractivity contribution in [1.82, 2.24) is 0 Å². The van der Waals surface area contributed by atoms with Crippen LogP contribution >= 0.6 is 0 Å². The van der Waals surface area contributed by atoms with E-state index in [0.717, 1.165) is 10.8 Å². The van der Waals surface area contributed by atoms with Gasteiger partial charge < -0.3 is 19.8 Å². The van der Waals surface area contributed by atoms with E-state index >= 15 is 0 Å². The van der Waals surface area contributed by atoms with Crippen molar-refractivity contribution in [2.24, 2.45) is 0 Å². The number of aliphatic carboxylic acids is 1. The third kappa shape index (κ3) is 4.88. The van der Waals surface area contributed by atoms with Gasteiger partial charge in [0.25, 0.3) is 0 Å². The number of benzene rings is 2. The van der Waals surface area contributed by atoms with Crippen LogP contribution in [-0.2, 0) is 21.9 Å². The predicted molar refractivity (Wildman–Crippen MR) is 68.1 cm³/mol. The van der Waals surface area contributed by atoms with Gasteiger partial charge in [-0.1, -0.05) is 49.0 Å². The summed E-state index contributed by atoms with van der Waals surface area (Å²) in [7, 11) is 0. The fourth-order valence-electron chi connectivity index (χ4n) is 1.40. The van der Waals surface area contributed by atoms with Crippen molar-refractivity contribution in [2.75, 3.05) is 0 Å². The van der Waals surface area contributed by atoms with E-state index in [-0.39, 0.29) is 28.2 Å². The number of carbonyl (C=O) groups excluding carboxylic acids is 2. The Morgan fingerprint density at radius 3 is 2.00 bits per heavy atom. The molecule has 0 aliphatic rings. The largest absolute Gasteiger partial charge is 2.00 e. The molecule has 0 amide bonds. The molecule has 0 atom stereocenters. The third-order valence-electron chi connectivity index (χ3n) is 2.36. The maximum absolute atomic E-state index is 10.7. The first-order valence-electron chi connectivity index (χ1n) is 5.49. The zero-order valence-electron chi connectivity index (χ0n) is 10.7. The predicted octanol–water partition coefficient (Wildman–Crippen LogP) is 0.513. The Bertz CT molecular complexity index is 617. The van der Waals surface area contributed by atoms with E-state index in [1.54, 1.807) is 18.2 Å². The molecular formula is C15H12CuO4. The minimum Gasteiger partial charge on any atom is -0.545 e. The first kappa shape index (κ1) is 17.9. The molecule has 5 heteroatoms. The molecule has 0 aromatic heterocycles. The molecule has 2 aromatic carbocycles. The maximum Gasteiger partial charge on any atom is 2.00 e. The Kier molecular flexibility index (Phi) is 7.29. The van der Waals surface area contributed by atoms with Gasteiger partial charge in [0.05, 0.1) is 11.9 Å². The van der Waals surface area contributed by atoms with E-state index < -0.39 is 11.9 Å². The van der Waals surface area contributed by atoms with Crippen LogP contribution in [0.1, 0.15) is 17.3 Å². The first-order valence-corrected chi connectivity index (χ1v) is 5.49. The minimum atomic E-state index is -1.19. The summed E-state index contributed by atoms with van der Waals surface area (Å²) in [5.74, 6) is -2.31. The number of hydrogen-bond donors (Lipinski definition) is 0. The average Bonchev–Trinajstić information content (AvgIpc) is 2.38. The van der Waals surface area contributed by atoms with Crippen LogP contribution in [0.15, 0.2) is 54.6 Å². The van der Waals surface area contributed by atoms with Crippen LogP contribution in [0.5, 0.6) is 0 Å². The van der Waals surface area contributed by atoms with E-state index in [0.29, 0.717) is 0 Å². The number of carboxylic acids is 2. The van der Waals surface area contributed by atoms with Gasteiger partial charge in [0.15, 0.2) is 0 Å². The van der Waals surface area contributed by atoms with Crippen LogP contribution in [0.2, 0.25) is 0 Å². The Morgan fingerprint density at radius 2 is 1.50 bits per heavy atom. The van der Waals surface area contributed by atoms with Crippen molar-refractivity contribution < 1.29 is 36.9 Å². The molecule has 0 aliphatic carbocycles. The van der Waals surface area contributed by atoms with Crippen LogP contribution < -0.4 is 10.2 Å². The van der Waals surface area contributed by atoms with Crippen LogP contribution in [-0.4, -0.2) is 11.9 Å². The van der Waals surface area contributed by atoms with Crippen molar-refractivity contribution in [1.29, 1.82) is 0 Å². The average molecular weight is 320 g/mol. The molecule has 2 aromatic rings. The van der Waals surface area contributed by atoms with Gasteiger partial charge in [-0.25, -0.2) is 0 Å². The zero-order valence-corrected chi connectivity index (χ0v) is 11.6. The van der Waals surface area contributed by atoms with Crippen LogP contribution in [0.25, 0.3) is 10.8 Å². The second-order valence-corrected chi connectivity index (χ2v) is 3.88. The summed E-state index contributed by atoms with van der Waals surface area (Å²) in [6.07, 6.45) is 0. The quantitative estimate of drug-likeness (QED) is 0.597. The van der Waals surface area contributed by atoms with E-state index in [4.69, 9.17) is 0 Å². The van der Waals surface area contributed by atoms with Gasteiger partial charge >= 0.3 is 17.1 Å². The summed E-state index contributed by atoms with van der Waals surface area (Å²) in [5, 5.41) is 21.8. The van der Waals surface area contributed by atoms with Gasteiger partial charge in [-0.15, -0.1) is 0 Å². The molecule has 0 bridgehead atoms. The van der Waals surface area contributed by atoms with E-state index in [9.17, 15) is 19.8 Å². The SMILES string of the molecule is C=C(C)C(=O)[O-].O=C([O-])c1cccc2ccccc12.[Cu+2]. The van der Waals surface area contributed by atoms with Gasteiger partial charge in [0.1, 0.15) is 0 Å². The zero-order chi connectivity index (χ0) is 14.4. The second-order valence-electron chi connectivity index (χ2n) is 3.88. The summed E-state index contributed by atoms with van der Waals surface area (Å²) in [5.41, 5.74) is 0.313. The molecule has 0 heterocycles. The molecule has 107 valence electrons. The van der Waals surface area contributed by atoms with Crippen molar-refractivity contribution in [3.8, 4) is 0 Å². The summed E-state index contributed by atoms with van der Waals surface area (Å²) >= 11 is 0. The molecule has 0 unspecified atom stereocenters. The number of hydrogen-bond acceptors (Lipinski definition) is 4. The van der Waals surface area contributed by atoms with Gasteiger partial charge in [0.2, 0.25) is 0 Å². The molecule has 0 N–H and O–H groups in total. The van der Waals surface area contributed by atoms with Crippen LogP contribution in [0.4, 0.5) is 0 Å². The number of rotatable bonds is 2. The van der Waals surface area contributed by atoms with Crippen molar-refractivity contribution in [3.05, 3.63) is 60.2 Å². The van der Waals surface area contributed by atoms with Crippen molar-refractivity contribution in [3.63, 3.8) is 0 Å². The standard InChI is InChI=1S/C11H8O2.C4H6O2.Cu/c12-11(13)10-7-3-5-8-4-1-2-6-9(8)10;1-3(2)4(5)6;/h1-7H,(H,12,13);1H2,2H3,(H,5,6);/q;;+2/p-2. The number of fused-ring (bicyclic) bond motifs is 1. The maximum atomic E-state index is 10.7. The molecule has 20 heavy (non-hydrogen) atoms. The fraction of sp³-hybridized carbons (Fsp3) is 0.0667. The smallest absolute Gasteiger partial charge is 0.545 e. The van der Waals surface area contributed by atoms with Crippen molar-refractivity contribution >= 4 is 22.7 Å². The van der Waals surface area contributed by atoms with Crippen molar-refractivity contribution in [2.45, 2.75) is 6.92 Å². The molecular weight excluding hydrogens is 308 g/mol. The van der Waals surface area contributed by atoms with Gasteiger partial charge in [-0.2, -0.15) is 0 Å². The Morgan fingerprint density at radius 1 is 1.00 bits per heavy atom. The Labute approximate surface area is 127 Å². The monoisotopic (exact) mass is 319 g/mol. The normalized spacial score (nSPS) is 8.85. The van der Waals surface area contributed by atoms with Gasteiger partial charge in [-0.05, 0) is 23.3 Å². The molecule has 1 radical (unpaired) electrons. The molecule has 0 aliphatic heterocycles. The third-order valence-corrected chi connectivity index (χ3v) is 2.36. The van der Waals surface area contributed by atoms with Gasteiger partial charge in [-0.3, -0.25) is 0 Å². The molecule has 2 rings (SSSR count).